The van der Waals surface area contributed by atoms with E-state index in [9.17, 15) is 5.11 Å². The Morgan fingerprint density at radius 2 is 2.21 bits per heavy atom. The highest BCUT2D eigenvalue weighted by molar-refractivity contribution is 5.61. The van der Waals surface area contributed by atoms with E-state index in [-0.39, 0.29) is 11.5 Å². The van der Waals surface area contributed by atoms with Crippen molar-refractivity contribution in [1.29, 1.82) is 0 Å². The van der Waals surface area contributed by atoms with E-state index in [0.717, 1.165) is 37.2 Å². The van der Waals surface area contributed by atoms with Gasteiger partial charge in [-0.25, -0.2) is 0 Å². The molecule has 1 aromatic rings. The van der Waals surface area contributed by atoms with Crippen molar-refractivity contribution in [3.8, 4) is 11.5 Å². The Morgan fingerprint density at radius 1 is 1.38 bits per heavy atom. The summed E-state index contributed by atoms with van der Waals surface area (Å²) in [5.74, 6) is 1.98. The van der Waals surface area contributed by atoms with Crippen LogP contribution in [0.2, 0.25) is 0 Å². The number of hydrogen-bond donors (Lipinski definition) is 2. The molecule has 24 heavy (non-hydrogen) atoms. The number of likely N-dealkylation sites (N-methyl/N-ethyl adjacent to an activating group) is 1. The average Bonchev–Trinajstić information content (AvgIpc) is 2.96. The van der Waals surface area contributed by atoms with Gasteiger partial charge in [-0.15, -0.1) is 0 Å². The Hall–Kier alpha value is -1.52. The van der Waals surface area contributed by atoms with Crippen molar-refractivity contribution in [2.45, 2.75) is 56.3 Å². The first-order valence-corrected chi connectivity index (χ1v) is 9.08. The molecular formula is C20H27NO3. The summed E-state index contributed by atoms with van der Waals surface area (Å²) >= 11 is 0. The lowest BCUT2D eigenvalue weighted by atomic mass is 9.55. The molecule has 4 heteroatoms. The maximum atomic E-state index is 10.7. The summed E-state index contributed by atoms with van der Waals surface area (Å²) in [6.07, 6.45) is 7.64. The van der Waals surface area contributed by atoms with Gasteiger partial charge in [-0.3, -0.25) is 0 Å². The Labute approximate surface area is 143 Å². The van der Waals surface area contributed by atoms with Crippen molar-refractivity contribution in [2.24, 2.45) is 5.92 Å². The zero-order valence-electron chi connectivity index (χ0n) is 14.7. The van der Waals surface area contributed by atoms with E-state index in [2.05, 4.69) is 24.4 Å². The van der Waals surface area contributed by atoms with Crippen LogP contribution in [-0.4, -0.2) is 37.5 Å². The average molecular weight is 329 g/mol. The second kappa shape index (κ2) is 5.78. The number of aliphatic hydroxyl groups is 1. The normalized spacial score (nSPS) is 35.5. The number of benzene rings is 1. The molecule has 2 aliphatic carbocycles. The lowest BCUT2D eigenvalue weighted by Crippen LogP contribution is -2.59. The van der Waals surface area contributed by atoms with Gasteiger partial charge in [-0.05, 0) is 31.5 Å². The summed E-state index contributed by atoms with van der Waals surface area (Å²) in [5.41, 5.74) is 2.47. The highest BCUT2D eigenvalue weighted by Crippen LogP contribution is 2.60. The minimum atomic E-state index is -0.571. The lowest BCUT2D eigenvalue weighted by Gasteiger charge is -2.50. The van der Waals surface area contributed by atoms with E-state index in [1.54, 1.807) is 7.11 Å². The van der Waals surface area contributed by atoms with Crippen LogP contribution in [0.1, 0.15) is 37.3 Å². The van der Waals surface area contributed by atoms with E-state index in [4.69, 9.17) is 9.47 Å². The largest absolute Gasteiger partial charge is 0.493 e. The van der Waals surface area contributed by atoms with Gasteiger partial charge in [-0.1, -0.05) is 38.0 Å². The first-order chi connectivity index (χ1) is 11.7. The number of nitrogens with one attached hydrogen (secondary N) is 1. The third kappa shape index (κ3) is 1.93. The van der Waals surface area contributed by atoms with Crippen LogP contribution in [0.25, 0.3) is 0 Å². The van der Waals surface area contributed by atoms with Gasteiger partial charge in [0, 0.05) is 22.9 Å². The fourth-order valence-electron chi connectivity index (χ4n) is 5.22. The van der Waals surface area contributed by atoms with Gasteiger partial charge in [0.15, 0.2) is 11.5 Å². The molecule has 0 spiro atoms. The number of hydrogen-bond acceptors (Lipinski definition) is 4. The van der Waals surface area contributed by atoms with Crippen LogP contribution in [0.3, 0.4) is 0 Å². The number of aliphatic hydroxyl groups excluding tert-OH is 1. The highest BCUT2D eigenvalue weighted by Gasteiger charge is 2.61. The van der Waals surface area contributed by atoms with E-state index in [1.807, 2.05) is 19.2 Å². The fraction of sp³-hybridized carbons (Fsp3) is 0.600. The Kier molecular flexibility index (Phi) is 3.85. The van der Waals surface area contributed by atoms with Crippen LogP contribution in [-0.2, 0) is 11.8 Å². The molecule has 0 amide bonds. The zero-order valence-corrected chi connectivity index (χ0v) is 14.7. The molecule has 1 aliphatic heterocycles. The van der Waals surface area contributed by atoms with Gasteiger partial charge in [0.1, 0.15) is 12.2 Å². The molecule has 1 aromatic carbocycles. The third-order valence-corrected chi connectivity index (χ3v) is 6.25. The van der Waals surface area contributed by atoms with Crippen molar-refractivity contribution >= 4 is 0 Å². The summed E-state index contributed by atoms with van der Waals surface area (Å²) in [5, 5.41) is 14.2. The van der Waals surface area contributed by atoms with Gasteiger partial charge in [0.2, 0.25) is 0 Å². The van der Waals surface area contributed by atoms with Crippen molar-refractivity contribution in [3.05, 3.63) is 35.4 Å². The van der Waals surface area contributed by atoms with Crippen LogP contribution < -0.4 is 14.8 Å². The molecule has 1 heterocycles. The topological polar surface area (TPSA) is 50.7 Å². The second-order valence-corrected chi connectivity index (χ2v) is 7.31. The van der Waals surface area contributed by atoms with Gasteiger partial charge in [0.05, 0.1) is 7.11 Å². The van der Waals surface area contributed by atoms with Crippen LogP contribution in [0, 0.1) is 5.92 Å². The number of methoxy groups -OCH3 is 1. The highest BCUT2D eigenvalue weighted by atomic mass is 16.5. The quantitative estimate of drug-likeness (QED) is 0.815. The Morgan fingerprint density at radius 3 is 2.92 bits per heavy atom. The maximum absolute atomic E-state index is 10.7. The first-order valence-electron chi connectivity index (χ1n) is 9.08. The smallest absolute Gasteiger partial charge is 0.165 e. The molecule has 130 valence electrons. The molecular weight excluding hydrogens is 302 g/mol. The van der Waals surface area contributed by atoms with E-state index >= 15 is 0 Å². The molecule has 5 atom stereocenters. The minimum absolute atomic E-state index is 0.157. The number of ether oxygens (including phenoxy) is 2. The molecule has 0 fully saturated rings. The number of unbranched alkanes of at least 4 members (excludes halogenated alkanes) is 1. The molecule has 4 nitrogen and oxygen atoms in total. The summed E-state index contributed by atoms with van der Waals surface area (Å²) < 4.78 is 11.9. The monoisotopic (exact) mass is 329 g/mol. The summed E-state index contributed by atoms with van der Waals surface area (Å²) in [7, 11) is 3.73. The van der Waals surface area contributed by atoms with Gasteiger partial charge in [-0.2, -0.15) is 0 Å². The maximum Gasteiger partial charge on any atom is 0.165 e. The standard InChI is InChI=1S/C20H27NO3/c1-4-5-10-20-13-7-8-15(22)19(20)24-18-16(23-3)9-6-12(17(18)20)11-14(13)21-2/h6-9,13-15,19,21-22H,4-5,10-11H2,1-3H3/t13?,14?,15?,19?,20-/m0/s1. The summed E-state index contributed by atoms with van der Waals surface area (Å²) in [4.78, 5) is 0. The SMILES string of the molecule is CCCC[C@]12c3c4ccc(OC)c3OC1C(O)C=CC2C(NC)C4. The van der Waals surface area contributed by atoms with E-state index in [1.165, 1.54) is 11.1 Å². The van der Waals surface area contributed by atoms with Crippen molar-refractivity contribution in [2.75, 3.05) is 14.2 Å². The first kappa shape index (κ1) is 16.0. The molecule has 4 unspecified atom stereocenters. The van der Waals surface area contributed by atoms with Gasteiger partial charge < -0.3 is 19.9 Å². The fourth-order valence-corrected chi connectivity index (χ4v) is 5.22. The van der Waals surface area contributed by atoms with Crippen LogP contribution >= 0.6 is 0 Å². The Balaban J connectivity index is 1.96. The zero-order chi connectivity index (χ0) is 16.9. The molecule has 2 N–H and O–H groups in total. The van der Waals surface area contributed by atoms with Crippen LogP contribution in [0.15, 0.2) is 24.3 Å². The molecule has 0 saturated heterocycles. The summed E-state index contributed by atoms with van der Waals surface area (Å²) in [6.45, 7) is 2.22. The molecule has 0 bridgehead atoms. The molecule has 0 saturated carbocycles. The molecule has 4 rings (SSSR count). The van der Waals surface area contributed by atoms with Crippen LogP contribution in [0.5, 0.6) is 11.5 Å². The van der Waals surface area contributed by atoms with Crippen molar-refractivity contribution in [3.63, 3.8) is 0 Å². The second-order valence-electron chi connectivity index (χ2n) is 7.31. The molecule has 3 aliphatic rings. The summed E-state index contributed by atoms with van der Waals surface area (Å²) in [6, 6.07) is 4.55. The van der Waals surface area contributed by atoms with Gasteiger partial charge in [0.25, 0.3) is 0 Å². The van der Waals surface area contributed by atoms with E-state index < -0.39 is 6.10 Å². The van der Waals surface area contributed by atoms with Crippen molar-refractivity contribution in [1.82, 2.24) is 5.32 Å². The van der Waals surface area contributed by atoms with Crippen molar-refractivity contribution < 1.29 is 14.6 Å². The predicted molar refractivity (Wildman–Crippen MR) is 93.8 cm³/mol. The third-order valence-electron chi connectivity index (χ3n) is 6.25. The lowest BCUT2D eigenvalue weighted by molar-refractivity contribution is -0.00746. The predicted octanol–water partition coefficient (Wildman–Crippen LogP) is 2.58. The minimum Gasteiger partial charge on any atom is -0.493 e. The van der Waals surface area contributed by atoms with E-state index in [0.29, 0.717) is 12.0 Å². The Bertz CT molecular complexity index is 671. The van der Waals surface area contributed by atoms with Crippen LogP contribution in [0.4, 0.5) is 0 Å². The molecule has 0 aromatic heterocycles. The van der Waals surface area contributed by atoms with Gasteiger partial charge >= 0.3 is 0 Å². The number of rotatable bonds is 5. The molecule has 0 radical (unpaired) electrons.